The normalized spacial score (nSPS) is 11.4. The van der Waals surface area contributed by atoms with Crippen LogP contribution in [0.1, 0.15) is 0 Å². The van der Waals surface area contributed by atoms with Gasteiger partial charge in [0.05, 0.1) is 35.7 Å². The molecule has 3 N–H and O–H groups in total. The van der Waals surface area contributed by atoms with E-state index >= 15 is 0 Å². The fraction of sp³-hybridized carbons (Fsp3) is 0.0455. The summed E-state index contributed by atoms with van der Waals surface area (Å²) in [7, 11) is 1.49. The molecular formula is C22H15FN8O. The number of H-pyrrole nitrogens is 3. The van der Waals surface area contributed by atoms with Gasteiger partial charge in [-0.1, -0.05) is 0 Å². The van der Waals surface area contributed by atoms with Crippen LogP contribution in [0.5, 0.6) is 5.75 Å². The highest BCUT2D eigenvalue weighted by atomic mass is 19.1. The van der Waals surface area contributed by atoms with Crippen LogP contribution in [-0.4, -0.2) is 47.4 Å². The predicted molar refractivity (Wildman–Crippen MR) is 116 cm³/mol. The highest BCUT2D eigenvalue weighted by Gasteiger charge is 2.18. The Morgan fingerprint density at radius 1 is 0.938 bits per heavy atom. The van der Waals surface area contributed by atoms with Crippen molar-refractivity contribution in [3.8, 4) is 39.8 Å². The van der Waals surface area contributed by atoms with E-state index < -0.39 is 5.82 Å². The fourth-order valence-electron chi connectivity index (χ4n) is 3.69. The Bertz CT molecular complexity index is 1580. The molecule has 1 aromatic carbocycles. The van der Waals surface area contributed by atoms with Gasteiger partial charge >= 0.3 is 0 Å². The zero-order valence-electron chi connectivity index (χ0n) is 16.7. The summed E-state index contributed by atoms with van der Waals surface area (Å²) in [6.45, 7) is 0. The molecule has 5 heterocycles. The molecule has 9 nitrogen and oxygen atoms in total. The Labute approximate surface area is 179 Å². The molecule has 5 aromatic heterocycles. The number of benzene rings is 1. The van der Waals surface area contributed by atoms with Gasteiger partial charge in [-0.15, -0.1) is 0 Å². The molecule has 0 radical (unpaired) electrons. The predicted octanol–water partition coefficient (Wildman–Crippen LogP) is 4.10. The Morgan fingerprint density at radius 2 is 1.84 bits per heavy atom. The second-order valence-corrected chi connectivity index (χ2v) is 7.17. The SMILES string of the molecule is COc1cc(F)cc(-c2nccc3[nH]c(-c4n[nH]c5ccc(-c6cn[nH]c6)nc45)nc23)c1. The molecular weight excluding hydrogens is 411 g/mol. The van der Waals surface area contributed by atoms with Gasteiger partial charge < -0.3 is 9.72 Å². The molecule has 0 atom stereocenters. The first-order valence-corrected chi connectivity index (χ1v) is 9.74. The van der Waals surface area contributed by atoms with Gasteiger partial charge in [-0.2, -0.15) is 10.2 Å². The first-order valence-electron chi connectivity index (χ1n) is 9.74. The van der Waals surface area contributed by atoms with Gasteiger partial charge in [-0.05, 0) is 30.3 Å². The number of ether oxygens (including phenoxy) is 1. The van der Waals surface area contributed by atoms with Crippen molar-refractivity contribution in [2.24, 2.45) is 0 Å². The largest absolute Gasteiger partial charge is 0.497 e. The first kappa shape index (κ1) is 18.2. The van der Waals surface area contributed by atoms with Gasteiger partial charge in [0, 0.05) is 29.6 Å². The number of nitrogens with zero attached hydrogens (tertiary/aromatic N) is 5. The van der Waals surface area contributed by atoms with Crippen LogP contribution in [0.25, 0.3) is 56.1 Å². The minimum Gasteiger partial charge on any atom is -0.497 e. The first-order chi connectivity index (χ1) is 15.7. The van der Waals surface area contributed by atoms with Crippen LogP contribution >= 0.6 is 0 Å². The van der Waals surface area contributed by atoms with Crippen LogP contribution < -0.4 is 4.74 Å². The van der Waals surface area contributed by atoms with E-state index in [2.05, 4.69) is 30.4 Å². The van der Waals surface area contributed by atoms with Crippen molar-refractivity contribution in [2.45, 2.75) is 0 Å². The van der Waals surface area contributed by atoms with Crippen LogP contribution in [0.4, 0.5) is 4.39 Å². The van der Waals surface area contributed by atoms with E-state index in [9.17, 15) is 4.39 Å². The molecule has 0 bridgehead atoms. The molecule has 32 heavy (non-hydrogen) atoms. The molecule has 10 heteroatoms. The number of rotatable bonds is 4. The van der Waals surface area contributed by atoms with Gasteiger partial charge in [0.25, 0.3) is 0 Å². The van der Waals surface area contributed by atoms with E-state index in [1.54, 1.807) is 24.7 Å². The maximum absolute atomic E-state index is 14.1. The molecule has 156 valence electrons. The smallest absolute Gasteiger partial charge is 0.161 e. The summed E-state index contributed by atoms with van der Waals surface area (Å²) < 4.78 is 19.3. The van der Waals surface area contributed by atoms with Gasteiger partial charge in [-0.25, -0.2) is 14.4 Å². The van der Waals surface area contributed by atoms with Crippen LogP contribution in [0.3, 0.4) is 0 Å². The standard InChI is InChI=1S/C22H15FN8O/c1-32-14-7-11(6-13(23)8-14)18-19-16(4-5-24-18)28-22(29-19)21-20-17(30-31-21)3-2-15(27-20)12-9-25-26-10-12/h2-10H,1H3,(H,25,26)(H,28,29)(H,30,31). The number of fused-ring (bicyclic) bond motifs is 2. The lowest BCUT2D eigenvalue weighted by molar-refractivity contribution is 0.411. The van der Waals surface area contributed by atoms with Crippen molar-refractivity contribution in [3.63, 3.8) is 0 Å². The quantitative estimate of drug-likeness (QED) is 0.390. The number of pyridine rings is 2. The molecule has 0 aliphatic rings. The number of imidazole rings is 1. The topological polar surface area (TPSA) is 121 Å². The molecule has 0 saturated heterocycles. The minimum absolute atomic E-state index is 0.406. The second-order valence-electron chi connectivity index (χ2n) is 7.17. The van der Waals surface area contributed by atoms with Gasteiger partial charge in [0.15, 0.2) is 11.5 Å². The average Bonchev–Trinajstić information content (AvgIpc) is 3.56. The van der Waals surface area contributed by atoms with Crippen molar-refractivity contribution >= 4 is 22.1 Å². The zero-order valence-corrected chi connectivity index (χ0v) is 16.7. The molecule has 0 aliphatic carbocycles. The number of nitrogens with one attached hydrogen (secondary N) is 3. The molecule has 6 aromatic rings. The third kappa shape index (κ3) is 2.88. The molecule has 0 amide bonds. The van der Waals surface area contributed by atoms with Crippen LogP contribution in [0.15, 0.2) is 55.0 Å². The molecule has 0 spiro atoms. The van der Waals surface area contributed by atoms with E-state index in [4.69, 9.17) is 14.7 Å². The van der Waals surface area contributed by atoms with Crippen molar-refractivity contribution in [1.82, 2.24) is 40.3 Å². The van der Waals surface area contributed by atoms with Crippen molar-refractivity contribution < 1.29 is 9.13 Å². The van der Waals surface area contributed by atoms with E-state index in [1.165, 1.54) is 19.2 Å². The maximum atomic E-state index is 14.1. The third-order valence-electron chi connectivity index (χ3n) is 5.21. The Hall–Kier alpha value is -4.60. The third-order valence-corrected chi connectivity index (χ3v) is 5.21. The van der Waals surface area contributed by atoms with E-state index in [1.807, 2.05) is 18.2 Å². The number of hydrogen-bond donors (Lipinski definition) is 3. The maximum Gasteiger partial charge on any atom is 0.161 e. The molecule has 0 saturated carbocycles. The van der Waals surface area contributed by atoms with E-state index in [-0.39, 0.29) is 0 Å². The van der Waals surface area contributed by atoms with Crippen molar-refractivity contribution in [3.05, 3.63) is 60.8 Å². The molecule has 6 rings (SSSR count). The van der Waals surface area contributed by atoms with Crippen molar-refractivity contribution in [1.29, 1.82) is 0 Å². The number of methoxy groups -OCH3 is 1. The second kappa shape index (κ2) is 6.98. The highest BCUT2D eigenvalue weighted by Crippen LogP contribution is 2.32. The van der Waals surface area contributed by atoms with Crippen molar-refractivity contribution in [2.75, 3.05) is 7.11 Å². The number of hydrogen-bond acceptors (Lipinski definition) is 6. The summed E-state index contributed by atoms with van der Waals surface area (Å²) in [6, 6.07) is 10.1. The van der Waals surface area contributed by atoms with Gasteiger partial charge in [0.1, 0.15) is 22.6 Å². The molecule has 0 fully saturated rings. The van der Waals surface area contributed by atoms with Gasteiger partial charge in [0.2, 0.25) is 0 Å². The van der Waals surface area contributed by atoms with Gasteiger partial charge in [-0.3, -0.25) is 15.2 Å². The summed E-state index contributed by atoms with van der Waals surface area (Å²) in [5.41, 5.74) is 6.10. The lowest BCUT2D eigenvalue weighted by Crippen LogP contribution is -1.90. The average molecular weight is 426 g/mol. The monoisotopic (exact) mass is 426 g/mol. The highest BCUT2D eigenvalue weighted by molar-refractivity contribution is 5.95. The summed E-state index contributed by atoms with van der Waals surface area (Å²) in [4.78, 5) is 17.2. The molecule has 0 unspecified atom stereocenters. The minimum atomic E-state index is -0.414. The Kier molecular flexibility index (Phi) is 3.97. The zero-order chi connectivity index (χ0) is 21.7. The number of halogens is 1. The lowest BCUT2D eigenvalue weighted by atomic mass is 10.1. The summed E-state index contributed by atoms with van der Waals surface area (Å²) in [5, 5.41) is 14.2. The fourth-order valence-corrected chi connectivity index (χ4v) is 3.69. The van der Waals surface area contributed by atoms with Crippen LogP contribution in [0, 0.1) is 5.82 Å². The summed E-state index contributed by atoms with van der Waals surface area (Å²) in [5.74, 6) is 0.521. The number of aromatic nitrogens is 8. The van der Waals surface area contributed by atoms with E-state index in [0.717, 1.165) is 22.3 Å². The van der Waals surface area contributed by atoms with Crippen LogP contribution in [-0.2, 0) is 0 Å². The Balaban J connectivity index is 1.51. The Morgan fingerprint density at radius 3 is 2.69 bits per heavy atom. The molecule has 0 aliphatic heterocycles. The summed E-state index contributed by atoms with van der Waals surface area (Å²) >= 11 is 0. The van der Waals surface area contributed by atoms with Crippen LogP contribution in [0.2, 0.25) is 0 Å². The summed E-state index contributed by atoms with van der Waals surface area (Å²) in [6.07, 6.45) is 5.13. The van der Waals surface area contributed by atoms with E-state index in [0.29, 0.717) is 39.6 Å². The lowest BCUT2D eigenvalue weighted by Gasteiger charge is -2.05. The number of aromatic amines is 3.